The van der Waals surface area contributed by atoms with Crippen molar-refractivity contribution in [1.82, 2.24) is 5.32 Å². The van der Waals surface area contributed by atoms with Gasteiger partial charge in [-0.15, -0.1) is 0 Å². The SMILES string of the molecule is CCNC[C@@H]1COc2ccccc2O1. The molecule has 3 nitrogen and oxygen atoms in total. The molecular formula is C11H15NO2. The molecule has 0 amide bonds. The zero-order valence-corrected chi connectivity index (χ0v) is 8.32. The van der Waals surface area contributed by atoms with Gasteiger partial charge in [-0.1, -0.05) is 19.1 Å². The Morgan fingerprint density at radius 3 is 2.93 bits per heavy atom. The van der Waals surface area contributed by atoms with Gasteiger partial charge in [0.05, 0.1) is 0 Å². The Morgan fingerprint density at radius 1 is 1.36 bits per heavy atom. The van der Waals surface area contributed by atoms with E-state index in [0.29, 0.717) is 6.61 Å². The molecule has 0 radical (unpaired) electrons. The summed E-state index contributed by atoms with van der Waals surface area (Å²) in [5, 5.41) is 3.24. The predicted octanol–water partition coefficient (Wildman–Crippen LogP) is 1.44. The van der Waals surface area contributed by atoms with Gasteiger partial charge in [0.2, 0.25) is 0 Å². The van der Waals surface area contributed by atoms with Crippen LogP contribution in [-0.4, -0.2) is 25.8 Å². The first-order valence-electron chi connectivity index (χ1n) is 4.99. The van der Waals surface area contributed by atoms with E-state index in [1.54, 1.807) is 0 Å². The lowest BCUT2D eigenvalue weighted by atomic mass is 10.2. The van der Waals surface area contributed by atoms with Crippen LogP contribution in [0, 0.1) is 0 Å². The van der Waals surface area contributed by atoms with E-state index in [1.165, 1.54) is 0 Å². The summed E-state index contributed by atoms with van der Waals surface area (Å²) in [6.07, 6.45) is 0.129. The monoisotopic (exact) mass is 193 g/mol. The Kier molecular flexibility index (Phi) is 2.89. The minimum Gasteiger partial charge on any atom is -0.486 e. The molecule has 0 fully saturated rings. The van der Waals surface area contributed by atoms with Gasteiger partial charge in [0.1, 0.15) is 12.7 Å². The molecule has 2 rings (SSSR count). The van der Waals surface area contributed by atoms with E-state index in [9.17, 15) is 0 Å². The summed E-state index contributed by atoms with van der Waals surface area (Å²) < 4.78 is 11.3. The van der Waals surface area contributed by atoms with Crippen LogP contribution in [0.5, 0.6) is 11.5 Å². The summed E-state index contributed by atoms with van der Waals surface area (Å²) in [6.45, 7) is 4.51. The molecule has 0 aliphatic carbocycles. The number of fused-ring (bicyclic) bond motifs is 1. The van der Waals surface area contributed by atoms with Crippen molar-refractivity contribution in [3.8, 4) is 11.5 Å². The maximum atomic E-state index is 5.75. The molecular weight excluding hydrogens is 178 g/mol. The van der Waals surface area contributed by atoms with Crippen molar-refractivity contribution < 1.29 is 9.47 Å². The summed E-state index contributed by atoms with van der Waals surface area (Å²) in [7, 11) is 0. The molecule has 1 aliphatic heterocycles. The number of nitrogens with one attached hydrogen (secondary N) is 1. The Labute approximate surface area is 84.0 Å². The summed E-state index contributed by atoms with van der Waals surface area (Å²) in [5.74, 6) is 1.70. The zero-order chi connectivity index (χ0) is 9.80. The van der Waals surface area contributed by atoms with Crippen LogP contribution in [-0.2, 0) is 0 Å². The van der Waals surface area contributed by atoms with Gasteiger partial charge in [-0.05, 0) is 18.7 Å². The third-order valence-corrected chi connectivity index (χ3v) is 2.19. The minimum absolute atomic E-state index is 0.129. The first kappa shape index (κ1) is 9.34. The van der Waals surface area contributed by atoms with Gasteiger partial charge < -0.3 is 14.8 Å². The van der Waals surface area contributed by atoms with E-state index < -0.39 is 0 Å². The number of likely N-dealkylation sites (N-methyl/N-ethyl adjacent to an activating group) is 1. The zero-order valence-electron chi connectivity index (χ0n) is 8.32. The van der Waals surface area contributed by atoms with E-state index >= 15 is 0 Å². The summed E-state index contributed by atoms with van der Waals surface area (Å²) in [5.41, 5.74) is 0. The van der Waals surface area contributed by atoms with Gasteiger partial charge in [0.15, 0.2) is 11.5 Å². The van der Waals surface area contributed by atoms with Gasteiger partial charge >= 0.3 is 0 Å². The first-order chi connectivity index (χ1) is 6.90. The number of benzene rings is 1. The second-order valence-electron chi connectivity index (χ2n) is 3.31. The highest BCUT2D eigenvalue weighted by molar-refractivity contribution is 5.40. The Morgan fingerprint density at radius 2 is 2.14 bits per heavy atom. The molecule has 1 aromatic carbocycles. The molecule has 76 valence electrons. The molecule has 1 heterocycles. The van der Waals surface area contributed by atoms with Crippen molar-refractivity contribution in [3.05, 3.63) is 24.3 Å². The standard InChI is InChI=1S/C11H15NO2/c1-2-12-7-9-8-13-10-5-3-4-6-11(10)14-9/h3-6,9,12H,2,7-8H2,1H3/t9-/m1/s1. The largest absolute Gasteiger partial charge is 0.486 e. The lowest BCUT2D eigenvalue weighted by molar-refractivity contribution is 0.0909. The molecule has 0 spiro atoms. The van der Waals surface area contributed by atoms with Crippen molar-refractivity contribution in [1.29, 1.82) is 0 Å². The Hall–Kier alpha value is -1.22. The first-order valence-corrected chi connectivity index (χ1v) is 4.99. The molecule has 1 atom stereocenters. The summed E-state index contributed by atoms with van der Waals surface area (Å²) >= 11 is 0. The van der Waals surface area contributed by atoms with Gasteiger partial charge in [0, 0.05) is 6.54 Å². The molecule has 3 heteroatoms. The topological polar surface area (TPSA) is 30.5 Å². The van der Waals surface area contributed by atoms with E-state index in [4.69, 9.17) is 9.47 Å². The van der Waals surface area contributed by atoms with Crippen LogP contribution >= 0.6 is 0 Å². The average Bonchev–Trinajstić information content (AvgIpc) is 2.26. The maximum Gasteiger partial charge on any atom is 0.161 e. The van der Waals surface area contributed by atoms with Crippen molar-refractivity contribution in [2.75, 3.05) is 19.7 Å². The quantitative estimate of drug-likeness (QED) is 0.787. The molecule has 0 saturated carbocycles. The van der Waals surface area contributed by atoms with E-state index in [0.717, 1.165) is 24.6 Å². The molecule has 1 N–H and O–H groups in total. The lowest BCUT2D eigenvalue weighted by Crippen LogP contribution is -2.38. The van der Waals surface area contributed by atoms with Crippen molar-refractivity contribution in [2.45, 2.75) is 13.0 Å². The van der Waals surface area contributed by atoms with E-state index in [1.807, 2.05) is 24.3 Å². The normalized spacial score (nSPS) is 19.4. The van der Waals surface area contributed by atoms with Crippen LogP contribution in [0.4, 0.5) is 0 Å². The van der Waals surface area contributed by atoms with Crippen LogP contribution in [0.15, 0.2) is 24.3 Å². The fraction of sp³-hybridized carbons (Fsp3) is 0.455. The van der Waals surface area contributed by atoms with E-state index in [2.05, 4.69) is 12.2 Å². The molecule has 0 saturated heterocycles. The van der Waals surface area contributed by atoms with Crippen LogP contribution in [0.25, 0.3) is 0 Å². The Balaban J connectivity index is 1.99. The Bertz CT molecular complexity index is 301. The third kappa shape index (κ3) is 1.99. The van der Waals surface area contributed by atoms with Crippen LogP contribution < -0.4 is 14.8 Å². The highest BCUT2D eigenvalue weighted by atomic mass is 16.6. The van der Waals surface area contributed by atoms with Gasteiger partial charge in [-0.3, -0.25) is 0 Å². The highest BCUT2D eigenvalue weighted by Crippen LogP contribution is 2.30. The van der Waals surface area contributed by atoms with Crippen LogP contribution in [0.3, 0.4) is 0 Å². The molecule has 1 aromatic rings. The molecule has 1 aliphatic rings. The average molecular weight is 193 g/mol. The van der Waals surface area contributed by atoms with E-state index in [-0.39, 0.29) is 6.10 Å². The highest BCUT2D eigenvalue weighted by Gasteiger charge is 2.19. The lowest BCUT2D eigenvalue weighted by Gasteiger charge is -2.26. The van der Waals surface area contributed by atoms with Gasteiger partial charge in [-0.2, -0.15) is 0 Å². The number of rotatable bonds is 3. The molecule has 14 heavy (non-hydrogen) atoms. The smallest absolute Gasteiger partial charge is 0.161 e. The van der Waals surface area contributed by atoms with Crippen molar-refractivity contribution in [3.63, 3.8) is 0 Å². The van der Waals surface area contributed by atoms with Crippen LogP contribution in [0.1, 0.15) is 6.92 Å². The summed E-state index contributed by atoms with van der Waals surface area (Å²) in [4.78, 5) is 0. The maximum absolute atomic E-state index is 5.75. The second kappa shape index (κ2) is 4.33. The molecule has 0 bridgehead atoms. The van der Waals surface area contributed by atoms with Gasteiger partial charge in [-0.25, -0.2) is 0 Å². The number of ether oxygens (including phenoxy) is 2. The fourth-order valence-electron chi connectivity index (χ4n) is 1.47. The predicted molar refractivity (Wildman–Crippen MR) is 54.9 cm³/mol. The minimum atomic E-state index is 0.129. The number of para-hydroxylation sites is 2. The van der Waals surface area contributed by atoms with Gasteiger partial charge in [0.25, 0.3) is 0 Å². The van der Waals surface area contributed by atoms with Crippen molar-refractivity contribution in [2.24, 2.45) is 0 Å². The number of hydrogen-bond acceptors (Lipinski definition) is 3. The molecule has 0 unspecified atom stereocenters. The summed E-state index contributed by atoms with van der Waals surface area (Å²) in [6, 6.07) is 7.77. The van der Waals surface area contributed by atoms with Crippen LogP contribution in [0.2, 0.25) is 0 Å². The fourth-order valence-corrected chi connectivity index (χ4v) is 1.47. The third-order valence-electron chi connectivity index (χ3n) is 2.19. The second-order valence-corrected chi connectivity index (χ2v) is 3.31. The van der Waals surface area contributed by atoms with Crippen molar-refractivity contribution >= 4 is 0 Å². The molecule has 0 aromatic heterocycles. The number of hydrogen-bond donors (Lipinski definition) is 1.